The molecule has 4 N–H and O–H groups in total. The number of ether oxygens (including phenoxy) is 1. The van der Waals surface area contributed by atoms with Crippen LogP contribution < -0.4 is 5.32 Å². The quantitative estimate of drug-likeness (QED) is 0.0210. The van der Waals surface area contributed by atoms with Crippen molar-refractivity contribution in [1.82, 2.24) is 5.32 Å². The van der Waals surface area contributed by atoms with Gasteiger partial charge in [0, 0.05) is 12.8 Å². The molecule has 0 aliphatic carbocycles. The normalized spacial score (nSPS) is 14.7. The Hall–Kier alpha value is -3.34. The van der Waals surface area contributed by atoms with Gasteiger partial charge in [0.25, 0.3) is 0 Å². The van der Waals surface area contributed by atoms with E-state index in [0.29, 0.717) is 12.8 Å². The SMILES string of the molecule is CC/C=C\C/C=C\C/C=C\C/C=C\CCCCC(=O)OCC(O)COP(=O)(O)OCC(NC(=O)CCCCCCC/C=C\C/C=C\C/C=C\CC)C(=O)O. The van der Waals surface area contributed by atoms with Gasteiger partial charge in [0.2, 0.25) is 5.91 Å². The molecule has 11 nitrogen and oxygen atoms in total. The lowest BCUT2D eigenvalue weighted by Gasteiger charge is -2.18. The Morgan fingerprint density at radius 2 is 1.02 bits per heavy atom. The molecule has 54 heavy (non-hydrogen) atoms. The summed E-state index contributed by atoms with van der Waals surface area (Å²) in [6.45, 7) is 2.27. The topological polar surface area (TPSA) is 169 Å². The van der Waals surface area contributed by atoms with Crippen molar-refractivity contribution < 1.29 is 47.8 Å². The van der Waals surface area contributed by atoms with Crippen molar-refractivity contribution in [3.63, 3.8) is 0 Å². The van der Waals surface area contributed by atoms with Crippen LogP contribution in [-0.2, 0) is 32.7 Å². The maximum Gasteiger partial charge on any atom is 0.472 e. The number of phosphoric acid groups is 1. The summed E-state index contributed by atoms with van der Waals surface area (Å²) in [6.07, 6.45) is 43.3. The zero-order chi connectivity index (χ0) is 40.0. The van der Waals surface area contributed by atoms with Crippen LogP contribution in [0.15, 0.2) is 85.1 Å². The minimum Gasteiger partial charge on any atom is -0.480 e. The molecule has 0 aromatic heterocycles. The Labute approximate surface area is 324 Å². The Bertz CT molecular complexity index is 1240. The van der Waals surface area contributed by atoms with E-state index < -0.39 is 57.6 Å². The standard InChI is InChI=1S/C42H68NO10P/c1-3-5-7-9-11-13-15-17-19-21-23-25-27-29-31-33-40(45)43-39(42(47)48)37-53-54(49,50)52-36-38(44)35-51-41(46)34-32-30-28-26-24-22-20-18-16-14-12-10-8-6-4-2/h5-8,11-14,17-20,24,26,38-39,44H,3-4,9-10,15-16,21-23,25,27-37H2,1-2H3,(H,43,45)(H,47,48)(H,49,50)/b7-5-,8-6-,13-11-,14-12-,19-17-,20-18-,26-24-. The summed E-state index contributed by atoms with van der Waals surface area (Å²) in [4.78, 5) is 45.8. The molecule has 0 aliphatic rings. The van der Waals surface area contributed by atoms with Crippen LogP contribution in [0.5, 0.6) is 0 Å². The van der Waals surface area contributed by atoms with E-state index in [9.17, 15) is 34.1 Å². The third-order valence-corrected chi connectivity index (χ3v) is 8.63. The second-order valence-corrected chi connectivity index (χ2v) is 14.2. The second kappa shape index (κ2) is 36.6. The highest BCUT2D eigenvalue weighted by atomic mass is 31.2. The van der Waals surface area contributed by atoms with E-state index in [1.165, 1.54) is 0 Å². The van der Waals surface area contributed by atoms with Gasteiger partial charge in [-0.3, -0.25) is 18.6 Å². The first-order chi connectivity index (χ1) is 26.1. The molecule has 0 rings (SSSR count). The molecule has 0 radical (unpaired) electrons. The molecule has 0 saturated carbocycles. The number of carbonyl (C=O) groups is 3. The van der Waals surface area contributed by atoms with Crippen LogP contribution in [0.4, 0.5) is 0 Å². The fourth-order valence-corrected chi connectivity index (χ4v) is 5.44. The molecule has 1 amide bonds. The monoisotopic (exact) mass is 777 g/mol. The van der Waals surface area contributed by atoms with Crippen LogP contribution in [-0.4, -0.2) is 64.9 Å². The number of hydrogen-bond donors (Lipinski definition) is 4. The highest BCUT2D eigenvalue weighted by Gasteiger charge is 2.28. The minimum atomic E-state index is -4.77. The fraction of sp³-hybridized carbons (Fsp3) is 0.595. The van der Waals surface area contributed by atoms with Crippen LogP contribution >= 0.6 is 7.82 Å². The average molecular weight is 778 g/mol. The number of aliphatic hydroxyl groups excluding tert-OH is 1. The molecule has 0 aliphatic heterocycles. The maximum atomic E-state index is 12.3. The number of carboxylic acid groups (broad SMARTS) is 1. The first-order valence-electron chi connectivity index (χ1n) is 19.6. The van der Waals surface area contributed by atoms with Crippen LogP contribution in [0, 0.1) is 0 Å². The summed E-state index contributed by atoms with van der Waals surface area (Å²) in [7, 11) is -4.77. The smallest absolute Gasteiger partial charge is 0.472 e. The number of aliphatic carboxylic acids is 1. The number of esters is 1. The highest BCUT2D eigenvalue weighted by molar-refractivity contribution is 7.47. The third-order valence-electron chi connectivity index (χ3n) is 7.68. The predicted octanol–water partition coefficient (Wildman–Crippen LogP) is 9.55. The van der Waals surface area contributed by atoms with Crippen molar-refractivity contribution >= 4 is 25.7 Å². The first kappa shape index (κ1) is 50.7. The zero-order valence-electron chi connectivity index (χ0n) is 32.7. The van der Waals surface area contributed by atoms with Crippen molar-refractivity contribution in [2.24, 2.45) is 0 Å². The van der Waals surface area contributed by atoms with E-state index in [1.54, 1.807) is 0 Å². The van der Waals surface area contributed by atoms with Gasteiger partial charge in [-0.1, -0.05) is 118 Å². The zero-order valence-corrected chi connectivity index (χ0v) is 33.6. The van der Waals surface area contributed by atoms with Gasteiger partial charge in [0.1, 0.15) is 12.7 Å². The van der Waals surface area contributed by atoms with Gasteiger partial charge < -0.3 is 25.2 Å². The number of phosphoric ester groups is 1. The van der Waals surface area contributed by atoms with Crippen molar-refractivity contribution in [1.29, 1.82) is 0 Å². The Kier molecular flexibility index (Phi) is 34.4. The number of aliphatic hydroxyl groups is 1. The van der Waals surface area contributed by atoms with Gasteiger partial charge in [-0.2, -0.15) is 0 Å². The molecule has 0 fully saturated rings. The second-order valence-electron chi connectivity index (χ2n) is 12.7. The van der Waals surface area contributed by atoms with E-state index in [-0.39, 0.29) is 12.8 Å². The van der Waals surface area contributed by atoms with Gasteiger partial charge in [0.05, 0.1) is 13.2 Å². The lowest BCUT2D eigenvalue weighted by atomic mass is 10.1. The lowest BCUT2D eigenvalue weighted by molar-refractivity contribution is -0.147. The summed E-state index contributed by atoms with van der Waals surface area (Å²) < 4.78 is 26.7. The van der Waals surface area contributed by atoms with E-state index in [1.807, 2.05) is 0 Å². The van der Waals surface area contributed by atoms with Crippen LogP contribution in [0.2, 0.25) is 0 Å². The molecule has 306 valence electrons. The molecule has 3 unspecified atom stereocenters. The van der Waals surface area contributed by atoms with Crippen molar-refractivity contribution in [2.45, 2.75) is 142 Å². The molecule has 0 bridgehead atoms. The Morgan fingerprint density at radius 3 is 1.54 bits per heavy atom. The van der Waals surface area contributed by atoms with Crippen molar-refractivity contribution in [2.75, 3.05) is 19.8 Å². The number of rotatable bonds is 35. The number of unbranched alkanes of at least 4 members (excludes halogenated alkanes) is 7. The van der Waals surface area contributed by atoms with E-state index in [4.69, 9.17) is 13.8 Å². The number of allylic oxidation sites excluding steroid dienone is 14. The first-order valence-corrected chi connectivity index (χ1v) is 21.1. The molecular formula is C42H68NO10P. The van der Waals surface area contributed by atoms with Gasteiger partial charge in [-0.05, 0) is 83.5 Å². The number of nitrogens with one attached hydrogen (secondary N) is 1. The molecule has 12 heteroatoms. The van der Waals surface area contributed by atoms with Gasteiger partial charge in [-0.15, -0.1) is 0 Å². The van der Waals surface area contributed by atoms with Crippen LogP contribution in [0.3, 0.4) is 0 Å². The summed E-state index contributed by atoms with van der Waals surface area (Å²) in [5.74, 6) is -2.46. The molecule has 0 aromatic carbocycles. The van der Waals surface area contributed by atoms with Crippen LogP contribution in [0.25, 0.3) is 0 Å². The molecule has 0 saturated heterocycles. The largest absolute Gasteiger partial charge is 0.480 e. The van der Waals surface area contributed by atoms with Gasteiger partial charge >= 0.3 is 19.8 Å². The van der Waals surface area contributed by atoms with E-state index in [2.05, 4.69) is 104 Å². The molecule has 0 aromatic rings. The number of carbonyl (C=O) groups excluding carboxylic acids is 2. The third kappa shape index (κ3) is 35.7. The van der Waals surface area contributed by atoms with Crippen LogP contribution in [0.1, 0.15) is 129 Å². The summed E-state index contributed by atoms with van der Waals surface area (Å²) in [5, 5.41) is 21.7. The number of carboxylic acids is 1. The minimum absolute atomic E-state index is 0.118. The average Bonchev–Trinajstić information content (AvgIpc) is 3.14. The molecule has 3 atom stereocenters. The predicted molar refractivity (Wildman–Crippen MR) is 217 cm³/mol. The molecule has 0 heterocycles. The summed E-state index contributed by atoms with van der Waals surface area (Å²) in [6, 6.07) is -1.57. The van der Waals surface area contributed by atoms with Crippen molar-refractivity contribution in [3.8, 4) is 0 Å². The number of amides is 1. The van der Waals surface area contributed by atoms with Gasteiger partial charge in [0.15, 0.2) is 6.04 Å². The van der Waals surface area contributed by atoms with E-state index >= 15 is 0 Å². The maximum absolute atomic E-state index is 12.3. The molecular weight excluding hydrogens is 709 g/mol. The number of hydrogen-bond acceptors (Lipinski definition) is 8. The summed E-state index contributed by atoms with van der Waals surface area (Å²) in [5.41, 5.74) is 0. The van der Waals surface area contributed by atoms with Gasteiger partial charge in [-0.25, -0.2) is 9.36 Å². The fourth-order valence-electron chi connectivity index (χ4n) is 4.67. The Balaban J connectivity index is 4.05. The van der Waals surface area contributed by atoms with E-state index in [0.717, 1.165) is 89.9 Å². The highest BCUT2D eigenvalue weighted by Crippen LogP contribution is 2.43. The van der Waals surface area contributed by atoms with Crippen molar-refractivity contribution in [3.05, 3.63) is 85.1 Å². The Morgan fingerprint density at radius 1 is 0.593 bits per heavy atom. The molecule has 0 spiro atoms. The summed E-state index contributed by atoms with van der Waals surface area (Å²) >= 11 is 0. The lowest BCUT2D eigenvalue weighted by Crippen LogP contribution is -2.43.